The lowest BCUT2D eigenvalue weighted by Crippen LogP contribution is -2.06. The number of hydrogen-bond acceptors (Lipinski definition) is 3. The molecule has 0 amide bonds. The second-order valence-corrected chi connectivity index (χ2v) is 5.58. The van der Waals surface area contributed by atoms with Gasteiger partial charge in [-0.15, -0.1) is 0 Å². The topological polar surface area (TPSA) is 51.2 Å². The van der Waals surface area contributed by atoms with Crippen molar-refractivity contribution in [2.75, 3.05) is 5.75 Å². The van der Waals surface area contributed by atoms with E-state index in [0.717, 1.165) is 0 Å². The summed E-state index contributed by atoms with van der Waals surface area (Å²) in [4.78, 5) is 11.5. The largest absolute Gasteiger partial charge is 0.294 e. The summed E-state index contributed by atoms with van der Waals surface area (Å²) in [5, 5.41) is 0. The van der Waals surface area contributed by atoms with Crippen LogP contribution in [-0.4, -0.2) is 20.0 Å². The molecule has 0 unspecified atom stereocenters. The van der Waals surface area contributed by atoms with Gasteiger partial charge in [0, 0.05) is 12.0 Å². The predicted molar refractivity (Wildman–Crippen MR) is 66.8 cm³/mol. The molecule has 0 aliphatic rings. The second kappa shape index (κ2) is 6.43. The summed E-state index contributed by atoms with van der Waals surface area (Å²) in [7, 11) is -3.31. The summed E-state index contributed by atoms with van der Waals surface area (Å²) in [6.45, 7) is 8.54. The maximum absolute atomic E-state index is 11.5. The number of ketones is 1. The van der Waals surface area contributed by atoms with Crippen LogP contribution in [0.5, 0.6) is 0 Å². The Labute approximate surface area is 97.5 Å². The molecular weight excluding hydrogens is 224 g/mol. The van der Waals surface area contributed by atoms with Gasteiger partial charge in [-0.25, -0.2) is 8.42 Å². The SMILES string of the molecule is C=C(/C=C(\C=C/C)C(=O)CC)S(=O)(=O)CC. The number of carbonyl (C=O) groups excluding carboxylic acids is 1. The highest BCUT2D eigenvalue weighted by atomic mass is 32.2. The van der Waals surface area contributed by atoms with E-state index in [0.29, 0.717) is 12.0 Å². The fraction of sp³-hybridized carbons (Fsp3) is 0.417. The monoisotopic (exact) mass is 242 g/mol. The van der Waals surface area contributed by atoms with Crippen molar-refractivity contribution < 1.29 is 13.2 Å². The molecule has 90 valence electrons. The molecule has 0 aliphatic carbocycles. The van der Waals surface area contributed by atoms with Gasteiger partial charge in [0.25, 0.3) is 0 Å². The zero-order chi connectivity index (χ0) is 12.8. The van der Waals surface area contributed by atoms with E-state index in [2.05, 4.69) is 6.58 Å². The molecule has 4 heteroatoms. The van der Waals surface area contributed by atoms with Gasteiger partial charge in [0.2, 0.25) is 0 Å². The van der Waals surface area contributed by atoms with Crippen LogP contribution in [0.2, 0.25) is 0 Å². The molecular formula is C12H18O3S. The summed E-state index contributed by atoms with van der Waals surface area (Å²) in [5.74, 6) is -0.100. The summed E-state index contributed by atoms with van der Waals surface area (Å²) in [6, 6.07) is 0. The lowest BCUT2D eigenvalue weighted by atomic mass is 10.1. The summed E-state index contributed by atoms with van der Waals surface area (Å²) >= 11 is 0. The summed E-state index contributed by atoms with van der Waals surface area (Å²) in [6.07, 6.45) is 4.98. The van der Waals surface area contributed by atoms with Crippen molar-refractivity contribution >= 4 is 15.6 Å². The predicted octanol–water partition coefficient (Wildman–Crippen LogP) is 2.42. The van der Waals surface area contributed by atoms with Crippen LogP contribution >= 0.6 is 0 Å². The molecule has 0 saturated carbocycles. The fourth-order valence-electron chi connectivity index (χ4n) is 1.05. The first-order valence-corrected chi connectivity index (χ1v) is 6.83. The maximum atomic E-state index is 11.5. The Balaban J connectivity index is 5.25. The highest BCUT2D eigenvalue weighted by molar-refractivity contribution is 7.95. The zero-order valence-corrected chi connectivity index (χ0v) is 10.8. The molecule has 0 heterocycles. The van der Waals surface area contributed by atoms with Crippen LogP contribution < -0.4 is 0 Å². The molecule has 0 fully saturated rings. The highest BCUT2D eigenvalue weighted by Crippen LogP contribution is 2.12. The molecule has 0 atom stereocenters. The Morgan fingerprint density at radius 3 is 2.25 bits per heavy atom. The minimum atomic E-state index is -3.31. The van der Waals surface area contributed by atoms with E-state index in [1.807, 2.05) is 0 Å². The first kappa shape index (κ1) is 14.8. The van der Waals surface area contributed by atoms with Crippen molar-refractivity contribution in [1.29, 1.82) is 0 Å². The minimum absolute atomic E-state index is 0.00817. The lowest BCUT2D eigenvalue weighted by molar-refractivity contribution is -0.114. The van der Waals surface area contributed by atoms with Gasteiger partial charge < -0.3 is 0 Å². The van der Waals surface area contributed by atoms with Crippen molar-refractivity contribution in [1.82, 2.24) is 0 Å². The minimum Gasteiger partial charge on any atom is -0.294 e. The Kier molecular flexibility index (Phi) is 5.96. The Morgan fingerprint density at radius 1 is 1.31 bits per heavy atom. The van der Waals surface area contributed by atoms with Gasteiger partial charge in [-0.2, -0.15) is 0 Å². The van der Waals surface area contributed by atoms with Crippen molar-refractivity contribution in [3.8, 4) is 0 Å². The van der Waals surface area contributed by atoms with E-state index < -0.39 is 9.84 Å². The number of rotatable bonds is 6. The van der Waals surface area contributed by atoms with E-state index in [-0.39, 0.29) is 16.4 Å². The Morgan fingerprint density at radius 2 is 1.88 bits per heavy atom. The quantitative estimate of drug-likeness (QED) is 0.531. The number of carbonyl (C=O) groups is 1. The molecule has 0 radical (unpaired) electrons. The normalized spacial score (nSPS) is 13.1. The van der Waals surface area contributed by atoms with E-state index in [1.165, 1.54) is 6.08 Å². The molecule has 0 aromatic rings. The molecule has 0 aromatic heterocycles. The molecule has 0 saturated heterocycles. The van der Waals surface area contributed by atoms with E-state index in [1.54, 1.807) is 32.9 Å². The number of hydrogen-bond donors (Lipinski definition) is 0. The van der Waals surface area contributed by atoms with Gasteiger partial charge in [0.1, 0.15) is 0 Å². The van der Waals surface area contributed by atoms with Crippen LogP contribution in [-0.2, 0) is 14.6 Å². The van der Waals surface area contributed by atoms with Gasteiger partial charge >= 0.3 is 0 Å². The zero-order valence-electron chi connectivity index (χ0n) is 9.99. The molecule has 0 N–H and O–H groups in total. The van der Waals surface area contributed by atoms with Gasteiger partial charge in [-0.1, -0.05) is 32.6 Å². The molecule has 0 aliphatic heterocycles. The Hall–Kier alpha value is -1.16. The second-order valence-electron chi connectivity index (χ2n) is 3.25. The first-order chi connectivity index (χ1) is 7.38. The molecule has 0 spiro atoms. The van der Waals surface area contributed by atoms with Crippen LogP contribution in [0.15, 0.2) is 35.3 Å². The van der Waals surface area contributed by atoms with Crippen LogP contribution in [0.1, 0.15) is 27.2 Å². The average Bonchev–Trinajstić information content (AvgIpc) is 2.27. The van der Waals surface area contributed by atoms with Gasteiger partial charge in [-0.3, -0.25) is 4.79 Å². The molecule has 0 bridgehead atoms. The van der Waals surface area contributed by atoms with Crippen molar-refractivity contribution in [2.24, 2.45) is 0 Å². The molecule has 0 rings (SSSR count). The summed E-state index contributed by atoms with van der Waals surface area (Å²) in [5.41, 5.74) is 0.382. The smallest absolute Gasteiger partial charge is 0.177 e. The maximum Gasteiger partial charge on any atom is 0.177 e. The van der Waals surface area contributed by atoms with Gasteiger partial charge in [0.05, 0.1) is 10.7 Å². The number of Topliss-reactive ketones (excluding diaryl/α,β-unsaturated/α-hetero) is 1. The average molecular weight is 242 g/mol. The van der Waals surface area contributed by atoms with E-state index in [4.69, 9.17) is 0 Å². The third kappa shape index (κ3) is 4.14. The van der Waals surface area contributed by atoms with Gasteiger partial charge in [-0.05, 0) is 13.0 Å². The number of allylic oxidation sites excluding steroid dienone is 4. The van der Waals surface area contributed by atoms with Crippen molar-refractivity contribution in [2.45, 2.75) is 27.2 Å². The molecule has 3 nitrogen and oxygen atoms in total. The van der Waals surface area contributed by atoms with Crippen LogP contribution in [0.3, 0.4) is 0 Å². The highest BCUT2D eigenvalue weighted by Gasteiger charge is 2.12. The van der Waals surface area contributed by atoms with Crippen LogP contribution in [0, 0.1) is 0 Å². The van der Waals surface area contributed by atoms with E-state index >= 15 is 0 Å². The van der Waals surface area contributed by atoms with E-state index in [9.17, 15) is 13.2 Å². The fourth-order valence-corrected chi connectivity index (χ4v) is 1.73. The van der Waals surface area contributed by atoms with Crippen LogP contribution in [0.25, 0.3) is 0 Å². The first-order valence-electron chi connectivity index (χ1n) is 5.18. The molecule has 0 aromatic carbocycles. The third-order valence-corrected chi connectivity index (χ3v) is 3.76. The number of sulfone groups is 1. The van der Waals surface area contributed by atoms with Crippen molar-refractivity contribution in [3.63, 3.8) is 0 Å². The van der Waals surface area contributed by atoms with Crippen LogP contribution in [0.4, 0.5) is 0 Å². The lowest BCUT2D eigenvalue weighted by Gasteiger charge is -2.02. The molecule has 16 heavy (non-hydrogen) atoms. The van der Waals surface area contributed by atoms with Crippen molar-refractivity contribution in [3.05, 3.63) is 35.3 Å². The standard InChI is InChI=1S/C12H18O3S/c1-5-8-11(12(13)6-2)9-10(4)16(14,15)7-3/h5,8-9H,4,6-7H2,1-3H3/b8-5-,11-9+. The summed E-state index contributed by atoms with van der Waals surface area (Å²) < 4.78 is 22.9. The van der Waals surface area contributed by atoms with Gasteiger partial charge in [0.15, 0.2) is 15.6 Å². The third-order valence-electron chi connectivity index (χ3n) is 2.09. The Bertz CT molecular complexity index is 425.